The van der Waals surface area contributed by atoms with Crippen LogP contribution in [0.2, 0.25) is 0 Å². The monoisotopic (exact) mass is 191 g/mol. The molecule has 0 aliphatic heterocycles. The summed E-state index contributed by atoms with van der Waals surface area (Å²) in [6, 6.07) is -0.792. The van der Waals surface area contributed by atoms with E-state index in [0.29, 0.717) is 0 Å². The van der Waals surface area contributed by atoms with E-state index in [1.165, 1.54) is 0 Å². The van der Waals surface area contributed by atoms with Gasteiger partial charge in [0.2, 0.25) is 0 Å². The Balaban J connectivity index is 0. The molecule has 3 N–H and O–H groups in total. The molecule has 0 aliphatic carbocycles. The molecule has 0 aliphatic rings. The zero-order chi connectivity index (χ0) is 5.86. The van der Waals surface area contributed by atoms with E-state index in [2.05, 4.69) is 6.92 Å². The van der Waals surface area contributed by atoms with Crippen molar-refractivity contribution in [3.05, 3.63) is 6.92 Å². The predicted octanol–water partition coefficient (Wildman–Crippen LogP) is -0.380. The fraction of sp³-hybridized carbons (Fsp3) is 0.500. The van der Waals surface area contributed by atoms with Crippen LogP contribution in [-0.2, 0) is 37.5 Å². The number of carbonyl (C=O) groups is 1. The summed E-state index contributed by atoms with van der Waals surface area (Å²) in [6.07, 6.45) is 0.245. The van der Waals surface area contributed by atoms with Gasteiger partial charge in [-0.1, -0.05) is 0 Å². The Morgan fingerprint density at radius 3 is 2.25 bits per heavy atom. The molecule has 1 unspecified atom stereocenters. The van der Waals surface area contributed by atoms with Crippen molar-refractivity contribution in [2.75, 3.05) is 0 Å². The number of rotatable bonds is 2. The fourth-order valence-electron chi connectivity index (χ4n) is 0.123. The molecular formula is C4H8NO2Y-. The number of carboxylic acid groups (broad SMARTS) is 1. The van der Waals surface area contributed by atoms with E-state index in [1.54, 1.807) is 0 Å². The second-order valence-corrected chi connectivity index (χ2v) is 1.23. The van der Waals surface area contributed by atoms with Crippen molar-refractivity contribution in [2.45, 2.75) is 12.5 Å². The van der Waals surface area contributed by atoms with Gasteiger partial charge in [-0.25, -0.2) is 0 Å². The van der Waals surface area contributed by atoms with Crippen molar-refractivity contribution >= 4 is 5.97 Å². The first-order chi connectivity index (χ1) is 3.18. The zero-order valence-corrected chi connectivity index (χ0v) is 7.34. The molecule has 0 aromatic heterocycles. The smallest absolute Gasteiger partial charge is 0.317 e. The predicted molar refractivity (Wildman–Crippen MR) is 25.6 cm³/mol. The zero-order valence-electron chi connectivity index (χ0n) is 4.50. The number of nitrogens with two attached hydrogens (primary N) is 1. The van der Waals surface area contributed by atoms with Crippen LogP contribution in [0.3, 0.4) is 0 Å². The molecule has 1 atom stereocenters. The van der Waals surface area contributed by atoms with Crippen LogP contribution in [0, 0.1) is 6.92 Å². The summed E-state index contributed by atoms with van der Waals surface area (Å²) in [4.78, 5) is 9.77. The Morgan fingerprint density at radius 1 is 1.88 bits per heavy atom. The van der Waals surface area contributed by atoms with E-state index >= 15 is 0 Å². The van der Waals surface area contributed by atoms with Crippen molar-refractivity contribution in [1.29, 1.82) is 0 Å². The second kappa shape index (κ2) is 5.67. The van der Waals surface area contributed by atoms with Gasteiger partial charge in [0.15, 0.2) is 0 Å². The van der Waals surface area contributed by atoms with Gasteiger partial charge < -0.3 is 17.8 Å². The van der Waals surface area contributed by atoms with E-state index in [1.807, 2.05) is 0 Å². The van der Waals surface area contributed by atoms with E-state index in [9.17, 15) is 4.79 Å². The van der Waals surface area contributed by atoms with Crippen molar-refractivity contribution in [1.82, 2.24) is 0 Å². The third-order valence-electron chi connectivity index (χ3n) is 0.628. The summed E-state index contributed by atoms with van der Waals surface area (Å²) < 4.78 is 0. The third kappa shape index (κ3) is 4.69. The quantitative estimate of drug-likeness (QED) is 0.584. The van der Waals surface area contributed by atoms with E-state index in [-0.39, 0.29) is 39.1 Å². The summed E-state index contributed by atoms with van der Waals surface area (Å²) in [5.74, 6) is -0.991. The summed E-state index contributed by atoms with van der Waals surface area (Å²) in [5, 5.41) is 8.02. The average molecular weight is 191 g/mol. The molecule has 0 spiro atoms. The molecule has 3 nitrogen and oxygen atoms in total. The third-order valence-corrected chi connectivity index (χ3v) is 0.628. The molecule has 0 amide bonds. The largest absolute Gasteiger partial charge is 0.480 e. The van der Waals surface area contributed by atoms with Gasteiger partial charge in [-0.05, 0) is 0 Å². The van der Waals surface area contributed by atoms with Crippen molar-refractivity contribution in [2.24, 2.45) is 5.73 Å². The molecule has 0 rings (SSSR count). The normalized spacial score (nSPS) is 11.8. The summed E-state index contributed by atoms with van der Waals surface area (Å²) in [6.45, 7) is 3.30. The Bertz CT molecular complexity index is 76.4. The van der Waals surface area contributed by atoms with Gasteiger partial charge in [0.05, 0.1) is 6.04 Å². The Morgan fingerprint density at radius 2 is 2.25 bits per heavy atom. The van der Waals surface area contributed by atoms with E-state index < -0.39 is 12.0 Å². The molecule has 0 saturated carbocycles. The van der Waals surface area contributed by atoms with Crippen molar-refractivity contribution in [3.63, 3.8) is 0 Å². The van der Waals surface area contributed by atoms with Crippen LogP contribution in [0.4, 0.5) is 0 Å². The molecule has 0 aromatic rings. The molecule has 1 radical (unpaired) electrons. The van der Waals surface area contributed by atoms with E-state index in [4.69, 9.17) is 10.8 Å². The maximum Gasteiger partial charge on any atom is 0.317 e. The molecule has 8 heavy (non-hydrogen) atoms. The van der Waals surface area contributed by atoms with Gasteiger partial charge in [0.25, 0.3) is 0 Å². The maximum absolute atomic E-state index is 9.77. The number of carboxylic acids is 1. The summed E-state index contributed by atoms with van der Waals surface area (Å²) in [7, 11) is 0. The molecule has 45 valence electrons. The number of aliphatic carboxylic acids is 1. The van der Waals surface area contributed by atoms with Gasteiger partial charge in [-0.15, -0.1) is 0 Å². The number of hydrogen-bond donors (Lipinski definition) is 2. The van der Waals surface area contributed by atoms with E-state index in [0.717, 1.165) is 0 Å². The molecule has 0 heterocycles. The Hall–Kier alpha value is 0.534. The molecule has 0 fully saturated rings. The first kappa shape index (κ1) is 11.3. The van der Waals surface area contributed by atoms with Crippen molar-refractivity contribution < 1.29 is 42.6 Å². The van der Waals surface area contributed by atoms with Gasteiger partial charge in [0.1, 0.15) is 0 Å². The van der Waals surface area contributed by atoms with Crippen LogP contribution in [0.25, 0.3) is 0 Å². The minimum atomic E-state index is -0.991. The minimum Gasteiger partial charge on any atom is -0.480 e. The Kier molecular flexibility index (Phi) is 8.04. The topological polar surface area (TPSA) is 63.3 Å². The SMILES string of the molecule is [CH2-]CC(N)C(=O)O.[Y]. The Labute approximate surface area is 73.5 Å². The first-order valence-electron chi connectivity index (χ1n) is 1.96. The minimum absolute atomic E-state index is 0. The maximum atomic E-state index is 9.77. The van der Waals surface area contributed by atoms with Gasteiger partial charge in [-0.3, -0.25) is 4.79 Å². The van der Waals surface area contributed by atoms with Crippen LogP contribution in [0.5, 0.6) is 0 Å². The van der Waals surface area contributed by atoms with Crippen LogP contribution in [0.1, 0.15) is 6.42 Å². The molecule has 4 heteroatoms. The van der Waals surface area contributed by atoms with Crippen LogP contribution in [-0.4, -0.2) is 17.1 Å². The van der Waals surface area contributed by atoms with Gasteiger partial charge in [0, 0.05) is 32.7 Å². The number of hydrogen-bond acceptors (Lipinski definition) is 2. The molecular weight excluding hydrogens is 183 g/mol. The van der Waals surface area contributed by atoms with Gasteiger partial charge in [-0.2, -0.15) is 6.42 Å². The van der Waals surface area contributed by atoms with Crippen molar-refractivity contribution in [3.8, 4) is 0 Å². The summed E-state index contributed by atoms with van der Waals surface area (Å²) in [5.41, 5.74) is 4.95. The summed E-state index contributed by atoms with van der Waals surface area (Å²) >= 11 is 0. The van der Waals surface area contributed by atoms with Crippen LogP contribution >= 0.6 is 0 Å². The average Bonchev–Trinajstić information content (AvgIpc) is 1.65. The second-order valence-electron chi connectivity index (χ2n) is 1.23. The molecule has 0 aromatic carbocycles. The molecule has 0 bridgehead atoms. The van der Waals surface area contributed by atoms with Crippen LogP contribution < -0.4 is 5.73 Å². The van der Waals surface area contributed by atoms with Crippen LogP contribution in [0.15, 0.2) is 0 Å². The standard InChI is InChI=1S/C4H8NO2.Y/c1-2-3(5)4(6)7;/h3H,1-2,5H2,(H,6,7);/q-1;. The first-order valence-corrected chi connectivity index (χ1v) is 1.96. The van der Waals surface area contributed by atoms with Gasteiger partial charge >= 0.3 is 5.97 Å². The fourth-order valence-corrected chi connectivity index (χ4v) is 0.123. The molecule has 0 saturated heterocycles.